The number of aromatic nitrogens is 1. The van der Waals surface area contributed by atoms with Crippen LogP contribution in [0.1, 0.15) is 18.1 Å². The molecule has 0 bridgehead atoms. The predicted octanol–water partition coefficient (Wildman–Crippen LogP) is 1.27. The Labute approximate surface area is 72.3 Å². The quantitative estimate of drug-likeness (QED) is 0.527. The molecular formula is C9H13N3. The first kappa shape index (κ1) is 8.71. The van der Waals surface area contributed by atoms with Gasteiger partial charge in [0.1, 0.15) is 0 Å². The fourth-order valence-electron chi connectivity index (χ4n) is 0.920. The molecule has 0 aliphatic heterocycles. The minimum Gasteiger partial charge on any atom is -0.388 e. The van der Waals surface area contributed by atoms with Crippen LogP contribution in [0.25, 0.3) is 0 Å². The van der Waals surface area contributed by atoms with Crippen LogP contribution in [-0.4, -0.2) is 10.8 Å². The van der Waals surface area contributed by atoms with Crippen LogP contribution in [0.3, 0.4) is 0 Å². The fourth-order valence-corrected chi connectivity index (χ4v) is 0.920. The molecule has 0 saturated carbocycles. The first-order valence-corrected chi connectivity index (χ1v) is 3.85. The third-order valence-electron chi connectivity index (χ3n) is 1.44. The molecule has 3 heteroatoms. The SMILES string of the molecule is CC(N)=NCc1cncc(C)c1. The third-order valence-corrected chi connectivity index (χ3v) is 1.44. The van der Waals surface area contributed by atoms with Crippen LogP contribution in [0, 0.1) is 6.92 Å². The van der Waals surface area contributed by atoms with E-state index in [0.717, 1.165) is 11.1 Å². The highest BCUT2D eigenvalue weighted by Gasteiger charge is 1.91. The minimum atomic E-state index is 0.608. The molecule has 12 heavy (non-hydrogen) atoms. The lowest BCUT2D eigenvalue weighted by molar-refractivity contribution is 1.03. The van der Waals surface area contributed by atoms with Gasteiger partial charge in [-0.2, -0.15) is 0 Å². The Kier molecular flexibility index (Phi) is 2.80. The molecule has 0 unspecified atom stereocenters. The molecule has 0 saturated heterocycles. The Morgan fingerprint density at radius 3 is 2.92 bits per heavy atom. The van der Waals surface area contributed by atoms with Crippen LogP contribution in [0.2, 0.25) is 0 Å². The summed E-state index contributed by atoms with van der Waals surface area (Å²) in [7, 11) is 0. The zero-order chi connectivity index (χ0) is 8.97. The average Bonchev–Trinajstić information content (AvgIpc) is 2.01. The van der Waals surface area contributed by atoms with E-state index < -0.39 is 0 Å². The van der Waals surface area contributed by atoms with Crippen molar-refractivity contribution >= 4 is 5.84 Å². The molecule has 3 nitrogen and oxygen atoms in total. The van der Waals surface area contributed by atoms with Gasteiger partial charge in [-0.1, -0.05) is 6.07 Å². The Morgan fingerprint density at radius 1 is 1.58 bits per heavy atom. The number of amidine groups is 1. The Morgan fingerprint density at radius 2 is 2.33 bits per heavy atom. The molecule has 2 N–H and O–H groups in total. The number of nitrogens with zero attached hydrogens (tertiary/aromatic N) is 2. The van der Waals surface area contributed by atoms with E-state index in [4.69, 9.17) is 5.73 Å². The lowest BCUT2D eigenvalue weighted by Crippen LogP contribution is -2.05. The number of aliphatic imine (C=N–C) groups is 1. The van der Waals surface area contributed by atoms with Crippen molar-refractivity contribution in [1.29, 1.82) is 0 Å². The van der Waals surface area contributed by atoms with E-state index in [1.807, 2.05) is 13.1 Å². The van der Waals surface area contributed by atoms with Crippen molar-refractivity contribution in [2.45, 2.75) is 20.4 Å². The van der Waals surface area contributed by atoms with E-state index in [0.29, 0.717) is 12.4 Å². The van der Waals surface area contributed by atoms with Crippen molar-refractivity contribution in [3.63, 3.8) is 0 Å². The zero-order valence-electron chi connectivity index (χ0n) is 7.41. The number of hydrogen-bond donors (Lipinski definition) is 1. The molecule has 1 heterocycles. The molecule has 1 rings (SSSR count). The van der Waals surface area contributed by atoms with Crippen LogP contribution in [0.15, 0.2) is 23.5 Å². The van der Waals surface area contributed by atoms with E-state index in [2.05, 4.69) is 16.0 Å². The summed E-state index contributed by atoms with van der Waals surface area (Å²) in [6, 6.07) is 2.06. The van der Waals surface area contributed by atoms with E-state index in [-0.39, 0.29) is 0 Å². The number of nitrogens with two attached hydrogens (primary N) is 1. The largest absolute Gasteiger partial charge is 0.388 e. The molecule has 1 aromatic rings. The highest BCUT2D eigenvalue weighted by molar-refractivity contribution is 5.77. The summed E-state index contributed by atoms with van der Waals surface area (Å²) < 4.78 is 0. The second-order valence-corrected chi connectivity index (χ2v) is 2.83. The summed E-state index contributed by atoms with van der Waals surface area (Å²) in [5.41, 5.74) is 7.66. The molecule has 0 aliphatic carbocycles. The monoisotopic (exact) mass is 163 g/mol. The van der Waals surface area contributed by atoms with Crippen molar-refractivity contribution in [3.8, 4) is 0 Å². The van der Waals surface area contributed by atoms with Crippen molar-refractivity contribution < 1.29 is 0 Å². The van der Waals surface area contributed by atoms with Crippen LogP contribution >= 0.6 is 0 Å². The molecule has 0 radical (unpaired) electrons. The topological polar surface area (TPSA) is 51.3 Å². The Bertz CT molecular complexity index is 288. The standard InChI is InChI=1S/C9H13N3/c1-7-3-9(5-11-4-7)6-12-8(2)10/h3-5H,6H2,1-2H3,(H2,10,12). The van der Waals surface area contributed by atoms with Gasteiger partial charge < -0.3 is 5.73 Å². The van der Waals surface area contributed by atoms with Gasteiger partial charge in [-0.15, -0.1) is 0 Å². The Balaban J connectivity index is 2.70. The van der Waals surface area contributed by atoms with Crippen molar-refractivity contribution in [3.05, 3.63) is 29.6 Å². The summed E-state index contributed by atoms with van der Waals surface area (Å²) in [6.07, 6.45) is 3.63. The highest BCUT2D eigenvalue weighted by Crippen LogP contribution is 2.02. The molecule has 0 atom stereocenters. The summed E-state index contributed by atoms with van der Waals surface area (Å²) in [4.78, 5) is 8.14. The van der Waals surface area contributed by atoms with Crippen molar-refractivity contribution in [2.75, 3.05) is 0 Å². The van der Waals surface area contributed by atoms with E-state index >= 15 is 0 Å². The number of hydrogen-bond acceptors (Lipinski definition) is 2. The maximum atomic E-state index is 5.41. The lowest BCUT2D eigenvalue weighted by Gasteiger charge is -1.97. The molecule has 0 spiro atoms. The van der Waals surface area contributed by atoms with Crippen molar-refractivity contribution in [2.24, 2.45) is 10.7 Å². The van der Waals surface area contributed by atoms with Gasteiger partial charge in [0, 0.05) is 12.4 Å². The van der Waals surface area contributed by atoms with Gasteiger partial charge in [0.15, 0.2) is 0 Å². The number of aryl methyl sites for hydroxylation is 1. The molecule has 0 amide bonds. The van der Waals surface area contributed by atoms with Gasteiger partial charge in [-0.25, -0.2) is 0 Å². The zero-order valence-corrected chi connectivity index (χ0v) is 7.41. The molecule has 64 valence electrons. The first-order valence-electron chi connectivity index (χ1n) is 3.85. The molecule has 0 aromatic carbocycles. The molecule has 0 aliphatic rings. The normalized spacial score (nSPS) is 11.7. The van der Waals surface area contributed by atoms with Gasteiger partial charge in [0.05, 0.1) is 12.4 Å². The number of rotatable bonds is 2. The summed E-state index contributed by atoms with van der Waals surface area (Å²) in [5, 5.41) is 0. The van der Waals surface area contributed by atoms with Gasteiger partial charge in [-0.3, -0.25) is 9.98 Å². The summed E-state index contributed by atoms with van der Waals surface area (Å²) >= 11 is 0. The third kappa shape index (κ3) is 2.70. The van der Waals surface area contributed by atoms with Crippen LogP contribution < -0.4 is 5.73 Å². The van der Waals surface area contributed by atoms with Gasteiger partial charge in [-0.05, 0) is 25.0 Å². The van der Waals surface area contributed by atoms with Crippen LogP contribution in [-0.2, 0) is 6.54 Å². The number of pyridine rings is 1. The second kappa shape index (κ2) is 3.85. The van der Waals surface area contributed by atoms with Crippen LogP contribution in [0.4, 0.5) is 0 Å². The van der Waals surface area contributed by atoms with Crippen molar-refractivity contribution in [1.82, 2.24) is 4.98 Å². The molecular weight excluding hydrogens is 150 g/mol. The van der Waals surface area contributed by atoms with Gasteiger partial charge >= 0.3 is 0 Å². The van der Waals surface area contributed by atoms with Gasteiger partial charge in [0.2, 0.25) is 0 Å². The summed E-state index contributed by atoms with van der Waals surface area (Å²) in [6.45, 7) is 4.41. The molecule has 0 fully saturated rings. The minimum absolute atomic E-state index is 0.608. The Hall–Kier alpha value is -1.38. The lowest BCUT2D eigenvalue weighted by atomic mass is 10.2. The smallest absolute Gasteiger partial charge is 0.0909 e. The fraction of sp³-hybridized carbons (Fsp3) is 0.333. The second-order valence-electron chi connectivity index (χ2n) is 2.83. The maximum Gasteiger partial charge on any atom is 0.0909 e. The predicted molar refractivity (Wildman–Crippen MR) is 50.0 cm³/mol. The van der Waals surface area contributed by atoms with E-state index in [1.54, 1.807) is 13.1 Å². The molecule has 1 aromatic heterocycles. The van der Waals surface area contributed by atoms with E-state index in [1.165, 1.54) is 0 Å². The highest BCUT2D eigenvalue weighted by atomic mass is 14.8. The van der Waals surface area contributed by atoms with Crippen LogP contribution in [0.5, 0.6) is 0 Å². The summed E-state index contributed by atoms with van der Waals surface area (Å²) in [5.74, 6) is 0.608. The van der Waals surface area contributed by atoms with Gasteiger partial charge in [0.25, 0.3) is 0 Å². The average molecular weight is 163 g/mol. The van der Waals surface area contributed by atoms with E-state index in [9.17, 15) is 0 Å². The maximum absolute atomic E-state index is 5.41. The first-order chi connectivity index (χ1) is 5.68.